The SMILES string of the molecule is C=COC(=O)C1CCC(CCCCCC)C1. The van der Waals surface area contributed by atoms with Gasteiger partial charge in [-0.1, -0.05) is 45.6 Å². The fraction of sp³-hybridized carbons (Fsp3) is 0.786. The average Bonchev–Trinajstić information content (AvgIpc) is 2.73. The standard InChI is InChI=1S/C14H24O2/c1-3-5-6-7-8-12-9-10-13(11-12)14(15)16-4-2/h4,12-13H,2-3,5-11H2,1H3. The summed E-state index contributed by atoms with van der Waals surface area (Å²) in [4.78, 5) is 11.5. The Bertz CT molecular complexity index is 223. The van der Waals surface area contributed by atoms with Crippen molar-refractivity contribution in [2.24, 2.45) is 11.8 Å². The van der Waals surface area contributed by atoms with Gasteiger partial charge in [0.2, 0.25) is 0 Å². The van der Waals surface area contributed by atoms with E-state index in [-0.39, 0.29) is 11.9 Å². The van der Waals surface area contributed by atoms with Crippen LogP contribution in [-0.4, -0.2) is 5.97 Å². The minimum Gasteiger partial charge on any atom is -0.435 e. The Balaban J connectivity index is 2.14. The average molecular weight is 224 g/mol. The summed E-state index contributed by atoms with van der Waals surface area (Å²) in [6.45, 7) is 5.65. The summed E-state index contributed by atoms with van der Waals surface area (Å²) in [6, 6.07) is 0. The van der Waals surface area contributed by atoms with E-state index in [9.17, 15) is 4.79 Å². The third-order valence-corrected chi connectivity index (χ3v) is 3.54. The van der Waals surface area contributed by atoms with Crippen LogP contribution in [0.25, 0.3) is 0 Å². The number of unbranched alkanes of at least 4 members (excludes halogenated alkanes) is 3. The van der Waals surface area contributed by atoms with E-state index in [2.05, 4.69) is 13.5 Å². The van der Waals surface area contributed by atoms with Crippen molar-refractivity contribution < 1.29 is 9.53 Å². The van der Waals surface area contributed by atoms with Crippen LogP contribution in [0.15, 0.2) is 12.8 Å². The van der Waals surface area contributed by atoms with Crippen LogP contribution in [0.2, 0.25) is 0 Å². The molecule has 0 spiro atoms. The zero-order valence-electron chi connectivity index (χ0n) is 10.4. The second-order valence-electron chi connectivity index (χ2n) is 4.83. The third-order valence-electron chi connectivity index (χ3n) is 3.54. The van der Waals surface area contributed by atoms with E-state index in [0.717, 1.165) is 18.8 Å². The molecule has 0 aromatic heterocycles. The Kier molecular flexibility index (Phi) is 6.20. The lowest BCUT2D eigenvalue weighted by Gasteiger charge is -2.09. The number of carbonyl (C=O) groups excluding carboxylic acids is 1. The van der Waals surface area contributed by atoms with Crippen LogP contribution in [0.1, 0.15) is 58.3 Å². The van der Waals surface area contributed by atoms with Gasteiger partial charge in [-0.25, -0.2) is 0 Å². The summed E-state index contributed by atoms with van der Waals surface area (Å²) < 4.78 is 4.84. The maximum atomic E-state index is 11.5. The van der Waals surface area contributed by atoms with Crippen molar-refractivity contribution in [3.8, 4) is 0 Å². The lowest BCUT2D eigenvalue weighted by molar-refractivity contribution is -0.142. The van der Waals surface area contributed by atoms with E-state index in [1.165, 1.54) is 44.8 Å². The summed E-state index contributed by atoms with van der Waals surface area (Å²) in [7, 11) is 0. The topological polar surface area (TPSA) is 26.3 Å². The molecule has 0 radical (unpaired) electrons. The number of esters is 1. The number of hydrogen-bond donors (Lipinski definition) is 0. The Labute approximate surface area is 99.1 Å². The Morgan fingerprint density at radius 1 is 1.38 bits per heavy atom. The van der Waals surface area contributed by atoms with Crippen molar-refractivity contribution in [3.63, 3.8) is 0 Å². The van der Waals surface area contributed by atoms with Crippen molar-refractivity contribution in [2.45, 2.75) is 58.3 Å². The van der Waals surface area contributed by atoms with Crippen molar-refractivity contribution >= 4 is 5.97 Å². The van der Waals surface area contributed by atoms with E-state index >= 15 is 0 Å². The molecule has 1 aliphatic rings. The van der Waals surface area contributed by atoms with Gasteiger partial charge in [-0.15, -0.1) is 0 Å². The summed E-state index contributed by atoms with van der Waals surface area (Å²) in [6.07, 6.45) is 11.1. The summed E-state index contributed by atoms with van der Waals surface area (Å²) in [5, 5.41) is 0. The van der Waals surface area contributed by atoms with Crippen molar-refractivity contribution in [3.05, 3.63) is 12.8 Å². The quantitative estimate of drug-likeness (QED) is 0.370. The molecule has 2 atom stereocenters. The first-order chi connectivity index (χ1) is 7.77. The van der Waals surface area contributed by atoms with Gasteiger partial charge in [0.25, 0.3) is 0 Å². The molecule has 2 unspecified atom stereocenters. The Morgan fingerprint density at radius 2 is 2.19 bits per heavy atom. The molecule has 0 aliphatic heterocycles. The van der Waals surface area contributed by atoms with Gasteiger partial charge in [-0.2, -0.15) is 0 Å². The van der Waals surface area contributed by atoms with Crippen LogP contribution in [0.4, 0.5) is 0 Å². The van der Waals surface area contributed by atoms with Gasteiger partial charge in [-0.05, 0) is 25.2 Å². The van der Waals surface area contributed by atoms with Gasteiger partial charge in [0.05, 0.1) is 12.2 Å². The van der Waals surface area contributed by atoms with E-state index in [1.807, 2.05) is 0 Å². The highest BCUT2D eigenvalue weighted by atomic mass is 16.5. The molecule has 2 heteroatoms. The smallest absolute Gasteiger partial charge is 0.313 e. The van der Waals surface area contributed by atoms with Crippen LogP contribution in [0.5, 0.6) is 0 Å². The predicted octanol–water partition coefficient (Wildman–Crippen LogP) is 4.06. The van der Waals surface area contributed by atoms with Gasteiger partial charge in [0.1, 0.15) is 0 Å². The number of ether oxygens (including phenoxy) is 1. The number of carbonyl (C=O) groups is 1. The molecule has 1 rings (SSSR count). The highest BCUT2D eigenvalue weighted by Crippen LogP contribution is 2.35. The summed E-state index contributed by atoms with van der Waals surface area (Å²) >= 11 is 0. The van der Waals surface area contributed by atoms with Crippen molar-refractivity contribution in [1.82, 2.24) is 0 Å². The van der Waals surface area contributed by atoms with Gasteiger partial charge < -0.3 is 4.74 Å². The van der Waals surface area contributed by atoms with Crippen molar-refractivity contribution in [2.75, 3.05) is 0 Å². The molecule has 1 saturated carbocycles. The fourth-order valence-corrected chi connectivity index (χ4v) is 2.59. The maximum absolute atomic E-state index is 11.5. The molecule has 0 aromatic carbocycles. The summed E-state index contributed by atoms with van der Waals surface area (Å²) in [5.41, 5.74) is 0. The summed E-state index contributed by atoms with van der Waals surface area (Å²) in [5.74, 6) is 0.805. The van der Waals surface area contributed by atoms with Crippen LogP contribution >= 0.6 is 0 Å². The molecular weight excluding hydrogens is 200 g/mol. The van der Waals surface area contributed by atoms with E-state index in [0.29, 0.717) is 0 Å². The molecule has 0 amide bonds. The second kappa shape index (κ2) is 7.48. The van der Waals surface area contributed by atoms with Gasteiger partial charge >= 0.3 is 5.97 Å². The number of hydrogen-bond acceptors (Lipinski definition) is 2. The van der Waals surface area contributed by atoms with E-state index in [4.69, 9.17) is 4.74 Å². The van der Waals surface area contributed by atoms with Crippen LogP contribution in [-0.2, 0) is 9.53 Å². The molecular formula is C14H24O2. The zero-order valence-corrected chi connectivity index (χ0v) is 10.4. The minimum absolute atomic E-state index is 0.0777. The third kappa shape index (κ3) is 4.38. The van der Waals surface area contributed by atoms with Gasteiger partial charge in [0, 0.05) is 0 Å². The molecule has 2 nitrogen and oxygen atoms in total. The predicted molar refractivity (Wildman–Crippen MR) is 65.9 cm³/mol. The lowest BCUT2D eigenvalue weighted by Crippen LogP contribution is -2.12. The highest BCUT2D eigenvalue weighted by molar-refractivity contribution is 5.73. The fourth-order valence-electron chi connectivity index (χ4n) is 2.59. The molecule has 0 N–H and O–H groups in total. The second-order valence-corrected chi connectivity index (χ2v) is 4.83. The first kappa shape index (κ1) is 13.3. The van der Waals surface area contributed by atoms with Gasteiger partial charge in [-0.3, -0.25) is 4.79 Å². The normalized spacial score (nSPS) is 24.3. The molecule has 92 valence electrons. The van der Waals surface area contributed by atoms with E-state index < -0.39 is 0 Å². The molecule has 0 bridgehead atoms. The molecule has 16 heavy (non-hydrogen) atoms. The molecule has 0 saturated heterocycles. The lowest BCUT2D eigenvalue weighted by atomic mass is 9.98. The maximum Gasteiger partial charge on any atom is 0.313 e. The largest absolute Gasteiger partial charge is 0.435 e. The molecule has 1 fully saturated rings. The number of rotatable bonds is 7. The first-order valence-electron chi connectivity index (χ1n) is 6.59. The van der Waals surface area contributed by atoms with Crippen LogP contribution in [0.3, 0.4) is 0 Å². The first-order valence-corrected chi connectivity index (χ1v) is 6.59. The highest BCUT2D eigenvalue weighted by Gasteiger charge is 2.30. The Hall–Kier alpha value is -0.790. The zero-order chi connectivity index (χ0) is 11.8. The molecule has 1 aliphatic carbocycles. The van der Waals surface area contributed by atoms with Crippen molar-refractivity contribution in [1.29, 1.82) is 0 Å². The van der Waals surface area contributed by atoms with Crippen LogP contribution < -0.4 is 0 Å². The monoisotopic (exact) mass is 224 g/mol. The minimum atomic E-state index is -0.0777. The van der Waals surface area contributed by atoms with Gasteiger partial charge in [0.15, 0.2) is 0 Å². The molecule has 0 heterocycles. The van der Waals surface area contributed by atoms with E-state index in [1.54, 1.807) is 0 Å². The Morgan fingerprint density at radius 3 is 2.88 bits per heavy atom. The molecule has 0 aromatic rings. The van der Waals surface area contributed by atoms with Crippen LogP contribution in [0, 0.1) is 11.8 Å².